The Morgan fingerprint density at radius 2 is 2.12 bits per heavy atom. The number of unbranched alkanes of at least 4 members (excludes halogenated alkanes) is 1. The molecule has 2 heterocycles. The van der Waals surface area contributed by atoms with Gasteiger partial charge in [-0.25, -0.2) is 4.98 Å². The Kier molecular flexibility index (Phi) is 5.90. The zero-order chi connectivity index (χ0) is 17.8. The normalized spacial score (nSPS) is 11.3. The van der Waals surface area contributed by atoms with Crippen LogP contribution in [0.2, 0.25) is 0 Å². The summed E-state index contributed by atoms with van der Waals surface area (Å²) in [6, 6.07) is 5.54. The van der Waals surface area contributed by atoms with E-state index in [9.17, 15) is 4.79 Å². The monoisotopic (exact) mass is 422 g/mol. The van der Waals surface area contributed by atoms with Crippen LogP contribution in [0.15, 0.2) is 37.1 Å². The molecule has 0 saturated carbocycles. The van der Waals surface area contributed by atoms with Crippen LogP contribution in [0.5, 0.6) is 0 Å². The van der Waals surface area contributed by atoms with Gasteiger partial charge in [-0.15, -0.1) is 0 Å². The van der Waals surface area contributed by atoms with E-state index in [1.54, 1.807) is 4.57 Å². The molecule has 0 unspecified atom stereocenters. The number of aryl methyl sites for hydroxylation is 1. The van der Waals surface area contributed by atoms with Crippen molar-refractivity contribution < 1.29 is 4.52 Å². The van der Waals surface area contributed by atoms with E-state index in [4.69, 9.17) is 4.52 Å². The number of aromatic nitrogens is 4. The number of fused-ring (bicyclic) bond motifs is 1. The molecule has 25 heavy (non-hydrogen) atoms. The Balaban J connectivity index is 1.84. The minimum Gasteiger partial charge on any atom is -0.338 e. The molecule has 1 aromatic carbocycles. The predicted octanol–water partition coefficient (Wildman–Crippen LogP) is 4.20. The third-order valence-electron chi connectivity index (χ3n) is 3.79. The first-order valence-corrected chi connectivity index (χ1v) is 10.0. The molecule has 0 bridgehead atoms. The number of halogens is 1. The molecule has 0 spiro atoms. The van der Waals surface area contributed by atoms with Crippen LogP contribution in [-0.2, 0) is 18.7 Å². The van der Waals surface area contributed by atoms with Crippen LogP contribution in [0.4, 0.5) is 0 Å². The quantitative estimate of drug-likeness (QED) is 0.419. The molecule has 132 valence electrons. The largest absolute Gasteiger partial charge is 0.338 e. The molecule has 0 aliphatic heterocycles. The van der Waals surface area contributed by atoms with Crippen molar-refractivity contribution >= 4 is 38.6 Å². The molecule has 0 amide bonds. The van der Waals surface area contributed by atoms with Gasteiger partial charge in [0, 0.05) is 17.4 Å². The van der Waals surface area contributed by atoms with Crippen molar-refractivity contribution in [1.29, 1.82) is 0 Å². The van der Waals surface area contributed by atoms with Gasteiger partial charge in [0.1, 0.15) is 0 Å². The molecule has 0 saturated heterocycles. The van der Waals surface area contributed by atoms with Gasteiger partial charge in [0.25, 0.3) is 5.56 Å². The first-order chi connectivity index (χ1) is 12.1. The van der Waals surface area contributed by atoms with Crippen molar-refractivity contribution in [2.45, 2.75) is 50.6 Å². The van der Waals surface area contributed by atoms with Gasteiger partial charge in [-0.05, 0) is 31.5 Å². The molecule has 0 aliphatic rings. The second-order valence-corrected chi connectivity index (χ2v) is 7.46. The number of rotatable bonds is 7. The van der Waals surface area contributed by atoms with Crippen LogP contribution < -0.4 is 5.56 Å². The highest BCUT2D eigenvalue weighted by Crippen LogP contribution is 2.23. The minimum absolute atomic E-state index is 0.0366. The summed E-state index contributed by atoms with van der Waals surface area (Å²) >= 11 is 4.84. The van der Waals surface area contributed by atoms with E-state index in [0.29, 0.717) is 34.2 Å². The molecular formula is C17H19BrN4O2S. The van der Waals surface area contributed by atoms with Crippen molar-refractivity contribution in [3.63, 3.8) is 0 Å². The average Bonchev–Trinajstić information content (AvgIpc) is 3.07. The van der Waals surface area contributed by atoms with Gasteiger partial charge in [-0.3, -0.25) is 9.36 Å². The van der Waals surface area contributed by atoms with Crippen molar-refractivity contribution in [1.82, 2.24) is 19.7 Å². The van der Waals surface area contributed by atoms with Crippen LogP contribution in [0.3, 0.4) is 0 Å². The highest BCUT2D eigenvalue weighted by molar-refractivity contribution is 9.10. The highest BCUT2D eigenvalue weighted by atomic mass is 79.9. The van der Waals surface area contributed by atoms with Crippen molar-refractivity contribution in [2.24, 2.45) is 0 Å². The fourth-order valence-corrected chi connectivity index (χ4v) is 3.73. The third kappa shape index (κ3) is 4.12. The lowest BCUT2D eigenvalue weighted by Gasteiger charge is -2.10. The van der Waals surface area contributed by atoms with E-state index in [1.807, 2.05) is 25.1 Å². The molecule has 0 N–H and O–H groups in total. The summed E-state index contributed by atoms with van der Waals surface area (Å²) in [5.41, 5.74) is 0.653. The van der Waals surface area contributed by atoms with Crippen LogP contribution in [0.1, 0.15) is 38.4 Å². The SMILES string of the molecule is CCCCc1noc(CSc2nc3ccc(Br)cc3c(=O)n2CC)n1. The Labute approximate surface area is 158 Å². The molecule has 0 fully saturated rings. The number of thioether (sulfide) groups is 1. The average molecular weight is 423 g/mol. The first kappa shape index (κ1) is 18.1. The Morgan fingerprint density at radius 1 is 1.28 bits per heavy atom. The second-order valence-electron chi connectivity index (χ2n) is 5.60. The van der Waals surface area contributed by atoms with Gasteiger partial charge in [-0.2, -0.15) is 4.98 Å². The molecule has 3 aromatic rings. The molecule has 8 heteroatoms. The lowest BCUT2D eigenvalue weighted by atomic mass is 10.2. The summed E-state index contributed by atoms with van der Waals surface area (Å²) in [7, 11) is 0. The fourth-order valence-electron chi connectivity index (χ4n) is 2.47. The van der Waals surface area contributed by atoms with E-state index in [-0.39, 0.29) is 5.56 Å². The summed E-state index contributed by atoms with van der Waals surface area (Å²) in [4.78, 5) is 21.7. The standard InChI is InChI=1S/C17H19BrN4O2S/c1-3-5-6-14-20-15(24-21-14)10-25-17-19-13-8-7-11(18)9-12(13)16(23)22(17)4-2/h7-9H,3-6,10H2,1-2H3. The van der Waals surface area contributed by atoms with Crippen LogP contribution in [0, 0.1) is 0 Å². The van der Waals surface area contributed by atoms with E-state index in [0.717, 1.165) is 29.6 Å². The van der Waals surface area contributed by atoms with Crippen molar-refractivity contribution in [3.05, 3.63) is 44.7 Å². The Bertz CT molecular complexity index is 938. The smallest absolute Gasteiger partial charge is 0.262 e. The van der Waals surface area contributed by atoms with Gasteiger partial charge in [0.15, 0.2) is 11.0 Å². The van der Waals surface area contributed by atoms with Gasteiger partial charge in [-0.1, -0.05) is 46.2 Å². The predicted molar refractivity (Wildman–Crippen MR) is 102 cm³/mol. The summed E-state index contributed by atoms with van der Waals surface area (Å²) in [6.07, 6.45) is 2.97. The lowest BCUT2D eigenvalue weighted by Crippen LogP contribution is -2.22. The maximum Gasteiger partial charge on any atom is 0.262 e. The zero-order valence-corrected chi connectivity index (χ0v) is 16.6. The highest BCUT2D eigenvalue weighted by Gasteiger charge is 2.13. The van der Waals surface area contributed by atoms with Crippen molar-refractivity contribution in [2.75, 3.05) is 0 Å². The Hall–Kier alpha value is -1.67. The topological polar surface area (TPSA) is 73.8 Å². The summed E-state index contributed by atoms with van der Waals surface area (Å²) in [5, 5.41) is 5.27. The van der Waals surface area contributed by atoms with E-state index < -0.39 is 0 Å². The number of benzene rings is 1. The molecule has 3 rings (SSSR count). The first-order valence-electron chi connectivity index (χ1n) is 8.26. The maximum absolute atomic E-state index is 12.7. The molecular weight excluding hydrogens is 404 g/mol. The van der Waals surface area contributed by atoms with Gasteiger partial charge in [0.05, 0.1) is 16.7 Å². The minimum atomic E-state index is -0.0366. The van der Waals surface area contributed by atoms with E-state index >= 15 is 0 Å². The maximum atomic E-state index is 12.7. The van der Waals surface area contributed by atoms with Crippen LogP contribution in [0.25, 0.3) is 10.9 Å². The molecule has 6 nitrogen and oxygen atoms in total. The summed E-state index contributed by atoms with van der Waals surface area (Å²) < 4.78 is 7.83. The van der Waals surface area contributed by atoms with Crippen LogP contribution in [-0.4, -0.2) is 19.7 Å². The Morgan fingerprint density at radius 3 is 2.88 bits per heavy atom. The van der Waals surface area contributed by atoms with Crippen molar-refractivity contribution in [3.8, 4) is 0 Å². The van der Waals surface area contributed by atoms with E-state index in [2.05, 4.69) is 38.0 Å². The zero-order valence-electron chi connectivity index (χ0n) is 14.2. The number of hydrogen-bond donors (Lipinski definition) is 0. The lowest BCUT2D eigenvalue weighted by molar-refractivity contribution is 0.384. The molecule has 0 radical (unpaired) electrons. The summed E-state index contributed by atoms with van der Waals surface area (Å²) in [5.74, 6) is 1.79. The summed E-state index contributed by atoms with van der Waals surface area (Å²) in [6.45, 7) is 4.62. The van der Waals surface area contributed by atoms with E-state index in [1.165, 1.54) is 11.8 Å². The number of nitrogens with zero attached hydrogens (tertiary/aromatic N) is 4. The van der Waals surface area contributed by atoms with Gasteiger partial charge < -0.3 is 4.52 Å². The third-order valence-corrected chi connectivity index (χ3v) is 5.24. The molecule has 2 aromatic heterocycles. The van der Waals surface area contributed by atoms with Crippen LogP contribution >= 0.6 is 27.7 Å². The molecule has 0 aliphatic carbocycles. The van der Waals surface area contributed by atoms with Gasteiger partial charge >= 0.3 is 0 Å². The number of hydrogen-bond acceptors (Lipinski definition) is 6. The van der Waals surface area contributed by atoms with Gasteiger partial charge in [0.2, 0.25) is 5.89 Å². The molecule has 0 atom stereocenters. The fraction of sp³-hybridized carbons (Fsp3) is 0.412. The second kappa shape index (κ2) is 8.14.